The molecule has 0 radical (unpaired) electrons. The van der Waals surface area contributed by atoms with Gasteiger partial charge >= 0.3 is 0 Å². The van der Waals surface area contributed by atoms with Crippen LogP contribution in [0.4, 0.5) is 0 Å². The largest absolute Gasteiger partial charge is 0.492 e. The first-order valence-electron chi connectivity index (χ1n) is 19.6. The minimum absolute atomic E-state index is 0.0528. The predicted octanol–water partition coefficient (Wildman–Crippen LogP) is -1.08. The lowest BCUT2D eigenvalue weighted by Crippen LogP contribution is -2.54. The number of carbonyl (C=O) groups is 7. The molecule has 5 saturated heterocycles. The van der Waals surface area contributed by atoms with Crippen molar-refractivity contribution in [1.29, 1.82) is 0 Å². The standard InChI is InChI=1S/C37H50N8O10S2/c1-57(53,54)44-14-10-24(20-44)32(48)38-18-31(47)41-37-39-28(21-56-37)23-3-2-11-43(19-23)34(50)22-8-12-42(13-9-22)15-16-55-25-4-5-26-27(17-25)36(52)45(35(26)51)29-6-7-30(46)40-33(29)49/h4-5,17,22-24,28-29,37,39H,2-3,6-16,18-21H2,1H3,(H,38,48)(H,41,47)(H,40,46,49). The molecule has 20 heteroatoms. The highest BCUT2D eigenvalue weighted by Crippen LogP contribution is 2.32. The molecule has 5 unspecified atom stereocenters. The fourth-order valence-electron chi connectivity index (χ4n) is 8.63. The summed E-state index contributed by atoms with van der Waals surface area (Å²) in [6.45, 7) is 4.08. The monoisotopic (exact) mass is 830 g/mol. The molecule has 57 heavy (non-hydrogen) atoms. The van der Waals surface area contributed by atoms with Crippen molar-refractivity contribution in [2.45, 2.75) is 62.5 Å². The van der Waals surface area contributed by atoms with Crippen LogP contribution < -0.4 is 26.0 Å². The molecule has 310 valence electrons. The van der Waals surface area contributed by atoms with Gasteiger partial charge in [0.05, 0.1) is 29.8 Å². The third kappa shape index (κ3) is 9.45. The summed E-state index contributed by atoms with van der Waals surface area (Å²) in [7, 11) is -3.36. The molecule has 4 N–H and O–H groups in total. The molecular weight excluding hydrogens is 781 g/mol. The fourth-order valence-corrected chi connectivity index (χ4v) is 10.8. The van der Waals surface area contributed by atoms with Crippen molar-refractivity contribution < 1.29 is 46.7 Å². The van der Waals surface area contributed by atoms with Crippen molar-refractivity contribution in [2.24, 2.45) is 17.8 Å². The molecule has 0 saturated carbocycles. The van der Waals surface area contributed by atoms with Gasteiger partial charge in [0.2, 0.25) is 39.6 Å². The van der Waals surface area contributed by atoms with Gasteiger partial charge in [0, 0.05) is 56.9 Å². The molecule has 6 aliphatic rings. The summed E-state index contributed by atoms with van der Waals surface area (Å²) >= 11 is 1.59. The molecular formula is C37H50N8O10S2. The van der Waals surface area contributed by atoms with E-state index in [1.54, 1.807) is 17.8 Å². The number of piperidine rings is 3. The van der Waals surface area contributed by atoms with Crippen LogP contribution in [-0.2, 0) is 34.0 Å². The van der Waals surface area contributed by atoms with E-state index in [0.717, 1.165) is 62.2 Å². The Morgan fingerprint density at radius 2 is 1.68 bits per heavy atom. The van der Waals surface area contributed by atoms with Crippen molar-refractivity contribution in [1.82, 2.24) is 40.3 Å². The average Bonchev–Trinajstić information content (AvgIpc) is 3.94. The van der Waals surface area contributed by atoms with E-state index in [1.807, 2.05) is 4.90 Å². The smallest absolute Gasteiger partial charge is 0.262 e. The molecule has 5 atom stereocenters. The summed E-state index contributed by atoms with van der Waals surface area (Å²) in [5.41, 5.74) is 0.0548. The van der Waals surface area contributed by atoms with Crippen molar-refractivity contribution >= 4 is 63.1 Å². The van der Waals surface area contributed by atoms with Crippen molar-refractivity contribution in [3.63, 3.8) is 0 Å². The molecule has 0 aliphatic carbocycles. The van der Waals surface area contributed by atoms with Gasteiger partial charge < -0.3 is 20.3 Å². The van der Waals surface area contributed by atoms with E-state index in [4.69, 9.17) is 4.74 Å². The summed E-state index contributed by atoms with van der Waals surface area (Å²) in [4.78, 5) is 94.0. The van der Waals surface area contributed by atoms with E-state index in [-0.39, 0.29) is 78.2 Å². The van der Waals surface area contributed by atoms with Crippen LogP contribution in [0.5, 0.6) is 5.75 Å². The molecule has 1 aromatic carbocycles. The Bertz CT molecular complexity index is 1910. The maximum absolute atomic E-state index is 13.7. The van der Waals surface area contributed by atoms with E-state index < -0.39 is 45.6 Å². The molecule has 0 bridgehead atoms. The van der Waals surface area contributed by atoms with Crippen molar-refractivity contribution in [3.05, 3.63) is 29.3 Å². The van der Waals surface area contributed by atoms with Gasteiger partial charge in [-0.2, -0.15) is 0 Å². The molecule has 7 rings (SSSR count). The number of benzene rings is 1. The number of sulfonamides is 1. The zero-order valence-electron chi connectivity index (χ0n) is 31.9. The van der Waals surface area contributed by atoms with E-state index in [2.05, 4.69) is 26.2 Å². The third-order valence-electron chi connectivity index (χ3n) is 11.9. The Hall–Kier alpha value is -4.11. The van der Waals surface area contributed by atoms with Gasteiger partial charge in [-0.15, -0.1) is 11.8 Å². The number of nitrogens with zero attached hydrogens (tertiary/aromatic N) is 4. The number of rotatable bonds is 12. The van der Waals surface area contributed by atoms with Gasteiger partial charge in [-0.05, 0) is 75.7 Å². The molecule has 1 aromatic rings. The van der Waals surface area contributed by atoms with Crippen LogP contribution >= 0.6 is 11.8 Å². The van der Waals surface area contributed by atoms with Gasteiger partial charge in [-0.3, -0.25) is 54.0 Å². The highest BCUT2D eigenvalue weighted by molar-refractivity contribution is 8.00. The minimum Gasteiger partial charge on any atom is -0.492 e. The lowest BCUT2D eigenvalue weighted by molar-refractivity contribution is -0.139. The van der Waals surface area contributed by atoms with Crippen LogP contribution in [0.1, 0.15) is 65.7 Å². The second kappa shape index (κ2) is 17.4. The maximum atomic E-state index is 13.7. The van der Waals surface area contributed by atoms with Crippen molar-refractivity contribution in [2.75, 3.05) is 71.0 Å². The summed E-state index contributed by atoms with van der Waals surface area (Å²) in [6.07, 6.45) is 5.06. The van der Waals surface area contributed by atoms with E-state index >= 15 is 0 Å². The number of amides is 7. The Labute approximate surface area is 335 Å². The van der Waals surface area contributed by atoms with Gasteiger partial charge in [-0.1, -0.05) is 0 Å². The number of nitrogens with one attached hydrogen (secondary N) is 4. The molecule has 0 spiro atoms. The summed E-state index contributed by atoms with van der Waals surface area (Å²) in [5, 5.41) is 11.2. The number of imide groups is 2. The highest BCUT2D eigenvalue weighted by Gasteiger charge is 2.45. The van der Waals surface area contributed by atoms with E-state index in [1.165, 1.54) is 16.4 Å². The number of carbonyl (C=O) groups excluding carboxylic acids is 7. The van der Waals surface area contributed by atoms with Crippen LogP contribution in [0.2, 0.25) is 0 Å². The van der Waals surface area contributed by atoms with Gasteiger partial charge in [0.15, 0.2) is 0 Å². The average molecular weight is 831 g/mol. The van der Waals surface area contributed by atoms with Crippen LogP contribution in [-0.4, -0.2) is 157 Å². The lowest BCUT2D eigenvalue weighted by atomic mass is 9.89. The molecule has 6 heterocycles. The van der Waals surface area contributed by atoms with Crippen LogP contribution in [0.25, 0.3) is 0 Å². The Balaban J connectivity index is 0.797. The maximum Gasteiger partial charge on any atom is 0.262 e. The normalized spacial score (nSPS) is 27.7. The van der Waals surface area contributed by atoms with Gasteiger partial charge in [0.25, 0.3) is 11.8 Å². The first-order valence-corrected chi connectivity index (χ1v) is 22.5. The first kappa shape index (κ1) is 41.1. The number of hydrogen-bond donors (Lipinski definition) is 4. The zero-order valence-corrected chi connectivity index (χ0v) is 33.5. The molecule has 7 amide bonds. The summed E-state index contributed by atoms with van der Waals surface area (Å²) in [5.74, 6) is -1.76. The number of thioether (sulfide) groups is 1. The van der Waals surface area contributed by atoms with Crippen LogP contribution in [0.15, 0.2) is 18.2 Å². The lowest BCUT2D eigenvalue weighted by Gasteiger charge is -2.39. The topological polar surface area (TPSA) is 224 Å². The quantitative estimate of drug-likeness (QED) is 0.184. The number of hydrogen-bond acceptors (Lipinski definition) is 13. The van der Waals surface area contributed by atoms with Crippen LogP contribution in [0.3, 0.4) is 0 Å². The van der Waals surface area contributed by atoms with E-state index in [0.29, 0.717) is 38.4 Å². The third-order valence-corrected chi connectivity index (χ3v) is 14.3. The summed E-state index contributed by atoms with van der Waals surface area (Å²) < 4.78 is 30.7. The molecule has 6 aliphatic heterocycles. The molecule has 0 aromatic heterocycles. The number of fused-ring (bicyclic) bond motifs is 1. The number of likely N-dealkylation sites (tertiary alicyclic amines) is 2. The predicted molar refractivity (Wildman–Crippen MR) is 206 cm³/mol. The fraction of sp³-hybridized carbons (Fsp3) is 0.649. The number of ether oxygens (including phenoxy) is 1. The molecule has 18 nitrogen and oxygen atoms in total. The SMILES string of the molecule is CS(=O)(=O)N1CCC(C(=O)NCC(=O)NC2NC(C3CCCN(C(=O)C4CCN(CCOc5ccc6c(c5)C(=O)N(C5CCC(=O)NC5=O)C6=O)CC4)C3)CS2)C1. The first-order chi connectivity index (χ1) is 27.2. The second-order valence-corrected chi connectivity index (χ2v) is 18.8. The van der Waals surface area contributed by atoms with Crippen molar-refractivity contribution in [3.8, 4) is 5.75 Å². The van der Waals surface area contributed by atoms with Gasteiger partial charge in [0.1, 0.15) is 23.9 Å². The molecule has 5 fully saturated rings. The highest BCUT2D eigenvalue weighted by atomic mass is 32.2. The van der Waals surface area contributed by atoms with E-state index in [9.17, 15) is 42.0 Å². The van der Waals surface area contributed by atoms with Crippen LogP contribution in [0, 0.1) is 17.8 Å². The minimum atomic E-state index is -3.36. The summed E-state index contributed by atoms with van der Waals surface area (Å²) in [6, 6.07) is 3.78. The van der Waals surface area contributed by atoms with Gasteiger partial charge in [-0.25, -0.2) is 12.7 Å². The Morgan fingerprint density at radius 3 is 2.42 bits per heavy atom. The zero-order chi connectivity index (χ0) is 40.4. The Kier molecular flexibility index (Phi) is 12.5. The Morgan fingerprint density at radius 1 is 0.930 bits per heavy atom. The second-order valence-electron chi connectivity index (χ2n) is 15.7.